The van der Waals surface area contributed by atoms with Gasteiger partial charge in [0.1, 0.15) is 0 Å². The highest BCUT2D eigenvalue weighted by Crippen LogP contribution is 2.36. The second-order valence-corrected chi connectivity index (χ2v) is 3.43. The molecule has 0 amide bonds. The van der Waals surface area contributed by atoms with Gasteiger partial charge < -0.3 is 9.47 Å². The average molecular weight is 214 g/mol. The molecule has 1 aliphatic rings. The minimum absolute atomic E-state index is 0.296. The highest BCUT2D eigenvalue weighted by Gasteiger charge is 2.15. The molecule has 4 heteroatoms. The number of aromatic nitrogens is 2. The molecule has 16 heavy (non-hydrogen) atoms. The number of rotatable bonds is 2. The van der Waals surface area contributed by atoms with Gasteiger partial charge in [-0.3, -0.25) is 5.10 Å². The Kier molecular flexibility index (Phi) is 2.11. The summed E-state index contributed by atoms with van der Waals surface area (Å²) in [7, 11) is 0. The second-order valence-electron chi connectivity index (χ2n) is 3.43. The number of hydrogen-bond donors (Lipinski definition) is 1. The summed E-state index contributed by atoms with van der Waals surface area (Å²) >= 11 is 0. The SMILES string of the molecule is C(=C\c1cccc2c1OCO2)/c1ccn[nH]1. The van der Waals surface area contributed by atoms with Crippen LogP contribution in [0.1, 0.15) is 11.3 Å². The first-order valence-corrected chi connectivity index (χ1v) is 4.99. The Morgan fingerprint density at radius 1 is 1.19 bits per heavy atom. The van der Waals surface area contributed by atoms with Crippen molar-refractivity contribution >= 4 is 12.2 Å². The predicted molar refractivity (Wildman–Crippen MR) is 60.1 cm³/mol. The van der Waals surface area contributed by atoms with Gasteiger partial charge in [-0.05, 0) is 24.3 Å². The summed E-state index contributed by atoms with van der Waals surface area (Å²) in [5, 5.41) is 6.74. The van der Waals surface area contributed by atoms with Crippen LogP contribution in [0.2, 0.25) is 0 Å². The summed E-state index contributed by atoms with van der Waals surface area (Å²) < 4.78 is 10.7. The molecule has 1 aromatic carbocycles. The topological polar surface area (TPSA) is 47.1 Å². The zero-order chi connectivity index (χ0) is 10.8. The van der Waals surface area contributed by atoms with E-state index in [4.69, 9.17) is 9.47 Å². The van der Waals surface area contributed by atoms with Crippen molar-refractivity contribution in [3.8, 4) is 11.5 Å². The molecule has 0 saturated carbocycles. The highest BCUT2D eigenvalue weighted by atomic mass is 16.7. The van der Waals surface area contributed by atoms with E-state index in [2.05, 4.69) is 10.2 Å². The lowest BCUT2D eigenvalue weighted by molar-refractivity contribution is 0.174. The van der Waals surface area contributed by atoms with Crippen LogP contribution in [-0.4, -0.2) is 17.0 Å². The first-order valence-electron chi connectivity index (χ1n) is 4.99. The molecule has 4 nitrogen and oxygen atoms in total. The monoisotopic (exact) mass is 214 g/mol. The Morgan fingerprint density at radius 3 is 3.06 bits per heavy atom. The van der Waals surface area contributed by atoms with Gasteiger partial charge in [-0.25, -0.2) is 0 Å². The van der Waals surface area contributed by atoms with Crippen LogP contribution in [0.25, 0.3) is 12.2 Å². The largest absolute Gasteiger partial charge is 0.454 e. The van der Waals surface area contributed by atoms with Crippen LogP contribution in [0.15, 0.2) is 30.5 Å². The third-order valence-corrected chi connectivity index (χ3v) is 2.39. The first-order chi connectivity index (χ1) is 7.93. The molecule has 2 heterocycles. The number of ether oxygens (including phenoxy) is 2. The number of benzene rings is 1. The smallest absolute Gasteiger partial charge is 0.231 e. The number of hydrogen-bond acceptors (Lipinski definition) is 3. The summed E-state index contributed by atoms with van der Waals surface area (Å²) in [5.41, 5.74) is 1.96. The van der Waals surface area contributed by atoms with E-state index < -0.39 is 0 Å². The van der Waals surface area contributed by atoms with E-state index in [-0.39, 0.29) is 0 Å². The highest BCUT2D eigenvalue weighted by molar-refractivity contribution is 5.73. The van der Waals surface area contributed by atoms with Gasteiger partial charge in [0.05, 0.1) is 5.69 Å². The van der Waals surface area contributed by atoms with Crippen LogP contribution in [0.3, 0.4) is 0 Å². The van der Waals surface area contributed by atoms with E-state index in [1.807, 2.05) is 36.4 Å². The number of nitrogens with one attached hydrogen (secondary N) is 1. The minimum atomic E-state index is 0.296. The molecule has 0 saturated heterocycles. The quantitative estimate of drug-likeness (QED) is 0.834. The maximum atomic E-state index is 5.40. The van der Waals surface area contributed by atoms with Gasteiger partial charge in [0.15, 0.2) is 11.5 Å². The van der Waals surface area contributed by atoms with Crippen molar-refractivity contribution in [1.29, 1.82) is 0 Å². The number of nitrogens with zero attached hydrogens (tertiary/aromatic N) is 1. The Labute approximate surface area is 92.5 Å². The van der Waals surface area contributed by atoms with E-state index in [1.165, 1.54) is 0 Å². The number of H-pyrrole nitrogens is 1. The maximum Gasteiger partial charge on any atom is 0.231 e. The van der Waals surface area contributed by atoms with Crippen molar-refractivity contribution in [2.75, 3.05) is 6.79 Å². The van der Waals surface area contributed by atoms with Crippen LogP contribution in [-0.2, 0) is 0 Å². The van der Waals surface area contributed by atoms with Crippen molar-refractivity contribution in [2.45, 2.75) is 0 Å². The van der Waals surface area contributed by atoms with Gasteiger partial charge in [-0.15, -0.1) is 0 Å². The summed E-state index contributed by atoms with van der Waals surface area (Å²) in [5.74, 6) is 1.60. The van der Waals surface area contributed by atoms with Gasteiger partial charge in [0, 0.05) is 11.8 Å². The van der Waals surface area contributed by atoms with Gasteiger partial charge in [0.2, 0.25) is 6.79 Å². The summed E-state index contributed by atoms with van der Waals surface area (Å²) in [6, 6.07) is 7.73. The summed E-state index contributed by atoms with van der Waals surface area (Å²) in [6.07, 6.45) is 5.64. The lowest BCUT2D eigenvalue weighted by Gasteiger charge is -1.99. The van der Waals surface area contributed by atoms with Crippen LogP contribution < -0.4 is 9.47 Å². The fraction of sp³-hybridized carbons (Fsp3) is 0.0833. The second kappa shape index (κ2) is 3.73. The third kappa shape index (κ3) is 1.54. The molecule has 0 spiro atoms. The van der Waals surface area contributed by atoms with Crippen LogP contribution in [0.4, 0.5) is 0 Å². The van der Waals surface area contributed by atoms with Gasteiger partial charge >= 0.3 is 0 Å². The normalized spacial score (nSPS) is 13.5. The standard InChI is InChI=1S/C12H10N2O2/c1-2-9(4-5-10-6-7-13-14-10)12-11(3-1)15-8-16-12/h1-7H,8H2,(H,13,14)/b5-4+. The fourth-order valence-corrected chi connectivity index (χ4v) is 1.62. The molecule has 1 aromatic heterocycles. The minimum Gasteiger partial charge on any atom is -0.454 e. The van der Waals surface area contributed by atoms with Gasteiger partial charge in [-0.1, -0.05) is 12.1 Å². The molecule has 0 aliphatic carbocycles. The van der Waals surface area contributed by atoms with Crippen molar-refractivity contribution in [3.05, 3.63) is 41.7 Å². The molecule has 0 fully saturated rings. The van der Waals surface area contributed by atoms with E-state index in [9.17, 15) is 0 Å². The fourth-order valence-electron chi connectivity index (χ4n) is 1.62. The Balaban J connectivity index is 1.93. The molecule has 0 bridgehead atoms. The number of para-hydroxylation sites is 1. The van der Waals surface area contributed by atoms with E-state index >= 15 is 0 Å². The predicted octanol–water partition coefficient (Wildman–Crippen LogP) is 2.31. The molecule has 0 atom stereocenters. The Bertz CT molecular complexity index is 518. The lowest BCUT2D eigenvalue weighted by Crippen LogP contribution is -1.93. The van der Waals surface area contributed by atoms with E-state index in [1.54, 1.807) is 6.20 Å². The maximum absolute atomic E-state index is 5.40. The molecule has 0 unspecified atom stereocenters. The molecule has 3 rings (SSSR count). The van der Waals surface area contributed by atoms with Gasteiger partial charge in [0.25, 0.3) is 0 Å². The molecular weight excluding hydrogens is 204 g/mol. The zero-order valence-electron chi connectivity index (χ0n) is 8.51. The lowest BCUT2D eigenvalue weighted by atomic mass is 10.1. The molecule has 1 aliphatic heterocycles. The van der Waals surface area contributed by atoms with Crippen molar-refractivity contribution < 1.29 is 9.47 Å². The summed E-state index contributed by atoms with van der Waals surface area (Å²) in [4.78, 5) is 0. The van der Waals surface area contributed by atoms with Gasteiger partial charge in [-0.2, -0.15) is 5.10 Å². The molecule has 1 N–H and O–H groups in total. The Hall–Kier alpha value is -2.23. The first kappa shape index (κ1) is 9.03. The van der Waals surface area contributed by atoms with Crippen molar-refractivity contribution in [3.63, 3.8) is 0 Å². The number of aromatic amines is 1. The number of fused-ring (bicyclic) bond motifs is 1. The average Bonchev–Trinajstić information content (AvgIpc) is 2.97. The zero-order valence-corrected chi connectivity index (χ0v) is 8.51. The third-order valence-electron chi connectivity index (χ3n) is 2.39. The van der Waals surface area contributed by atoms with Crippen LogP contribution in [0.5, 0.6) is 11.5 Å². The molecule has 2 aromatic rings. The van der Waals surface area contributed by atoms with Crippen LogP contribution >= 0.6 is 0 Å². The van der Waals surface area contributed by atoms with Crippen molar-refractivity contribution in [2.24, 2.45) is 0 Å². The van der Waals surface area contributed by atoms with E-state index in [0.29, 0.717) is 6.79 Å². The van der Waals surface area contributed by atoms with Crippen molar-refractivity contribution in [1.82, 2.24) is 10.2 Å². The van der Waals surface area contributed by atoms with Crippen LogP contribution in [0, 0.1) is 0 Å². The molecule has 0 radical (unpaired) electrons. The van der Waals surface area contributed by atoms with E-state index in [0.717, 1.165) is 22.8 Å². The molecule has 80 valence electrons. The summed E-state index contributed by atoms with van der Waals surface area (Å²) in [6.45, 7) is 0.296. The Morgan fingerprint density at radius 2 is 2.19 bits per heavy atom. The molecular formula is C12H10N2O2.